The Kier molecular flexibility index (Phi) is 26.5. The molecule has 1 atom stereocenters. The molecule has 0 heteroatoms. The van der Waals surface area contributed by atoms with Crippen molar-refractivity contribution in [1.29, 1.82) is 0 Å². The highest BCUT2D eigenvalue weighted by molar-refractivity contribution is 4.81. The third-order valence-corrected chi connectivity index (χ3v) is 6.81. The first kappa shape index (κ1) is 29.7. The van der Waals surface area contributed by atoms with Crippen molar-refractivity contribution in [2.24, 2.45) is 5.92 Å². The minimum absolute atomic E-state index is 1.02. The maximum atomic E-state index is 2.46. The average Bonchev–Trinajstić information content (AvgIpc) is 2.76. The van der Waals surface area contributed by atoms with E-state index in [-0.39, 0.29) is 0 Å². The molecule has 0 nitrogen and oxygen atoms in total. The monoisotopic (exact) mass is 420 g/mol. The molecule has 0 spiro atoms. The van der Waals surface area contributed by atoms with Crippen LogP contribution in [0.5, 0.6) is 0 Å². The molecule has 0 saturated heterocycles. The Hall–Kier alpha value is -0.260. The van der Waals surface area contributed by atoms with E-state index in [4.69, 9.17) is 0 Å². The van der Waals surface area contributed by atoms with Crippen molar-refractivity contribution in [1.82, 2.24) is 0 Å². The van der Waals surface area contributed by atoms with Gasteiger partial charge in [0, 0.05) is 0 Å². The van der Waals surface area contributed by atoms with Gasteiger partial charge < -0.3 is 0 Å². The van der Waals surface area contributed by atoms with E-state index in [1.54, 1.807) is 0 Å². The van der Waals surface area contributed by atoms with Gasteiger partial charge in [-0.2, -0.15) is 0 Å². The van der Waals surface area contributed by atoms with E-state index in [1.807, 2.05) is 0 Å². The molecule has 0 saturated carbocycles. The summed E-state index contributed by atoms with van der Waals surface area (Å²) in [5.41, 5.74) is 0. The van der Waals surface area contributed by atoms with E-state index in [0.29, 0.717) is 0 Å². The van der Waals surface area contributed by atoms with E-state index in [9.17, 15) is 0 Å². The number of hydrogen-bond acceptors (Lipinski definition) is 0. The molecule has 180 valence electrons. The molecule has 0 radical (unpaired) electrons. The first-order valence-corrected chi connectivity index (χ1v) is 14.5. The molecule has 0 bridgehead atoms. The number of hydrogen-bond donors (Lipinski definition) is 0. The summed E-state index contributed by atoms with van der Waals surface area (Å²) in [5.74, 6) is 1.02. The third-order valence-electron chi connectivity index (χ3n) is 6.81. The van der Waals surface area contributed by atoms with Crippen molar-refractivity contribution in [3.05, 3.63) is 12.2 Å². The fraction of sp³-hybridized carbons (Fsp3) is 0.933. The van der Waals surface area contributed by atoms with Crippen molar-refractivity contribution in [2.75, 3.05) is 0 Å². The van der Waals surface area contributed by atoms with Gasteiger partial charge in [0.2, 0.25) is 0 Å². The third kappa shape index (κ3) is 24.0. The SMILES string of the molecule is CCCCC/C=C\CCCCC(CCCCCCCC)CCCCCCCCCC. The number of rotatable bonds is 25. The minimum Gasteiger partial charge on any atom is -0.0885 e. The second-order valence-corrected chi connectivity index (χ2v) is 9.94. The highest BCUT2D eigenvalue weighted by Gasteiger charge is 2.08. The molecular weight excluding hydrogens is 360 g/mol. The second kappa shape index (κ2) is 26.8. The molecule has 0 aliphatic heterocycles. The van der Waals surface area contributed by atoms with Gasteiger partial charge in [-0.1, -0.05) is 161 Å². The zero-order valence-electron chi connectivity index (χ0n) is 21.7. The molecule has 0 fully saturated rings. The van der Waals surface area contributed by atoms with Crippen molar-refractivity contribution < 1.29 is 0 Å². The topological polar surface area (TPSA) is 0 Å². The van der Waals surface area contributed by atoms with E-state index in [0.717, 1.165) is 5.92 Å². The predicted molar refractivity (Wildman–Crippen MR) is 140 cm³/mol. The maximum Gasteiger partial charge on any atom is -0.0351 e. The van der Waals surface area contributed by atoms with Crippen LogP contribution in [-0.2, 0) is 0 Å². The van der Waals surface area contributed by atoms with Crippen molar-refractivity contribution in [3.63, 3.8) is 0 Å². The van der Waals surface area contributed by atoms with Gasteiger partial charge in [-0.25, -0.2) is 0 Å². The molecule has 0 rings (SSSR count). The molecule has 0 N–H and O–H groups in total. The number of allylic oxidation sites excluding steroid dienone is 2. The number of unbranched alkanes of at least 4 members (excludes halogenated alkanes) is 17. The van der Waals surface area contributed by atoms with Crippen LogP contribution in [0, 0.1) is 5.92 Å². The van der Waals surface area contributed by atoms with Crippen LogP contribution in [0.3, 0.4) is 0 Å². The lowest BCUT2D eigenvalue weighted by atomic mass is 9.89. The zero-order valence-corrected chi connectivity index (χ0v) is 21.7. The van der Waals surface area contributed by atoms with Crippen LogP contribution in [0.15, 0.2) is 12.2 Å². The minimum atomic E-state index is 1.02. The molecule has 0 aromatic heterocycles. The summed E-state index contributed by atoms with van der Waals surface area (Å²) < 4.78 is 0. The van der Waals surface area contributed by atoms with E-state index >= 15 is 0 Å². The van der Waals surface area contributed by atoms with Crippen molar-refractivity contribution in [2.45, 2.75) is 175 Å². The lowest BCUT2D eigenvalue weighted by Gasteiger charge is -2.17. The molecule has 0 heterocycles. The second-order valence-electron chi connectivity index (χ2n) is 9.94. The van der Waals surface area contributed by atoms with Gasteiger partial charge in [-0.15, -0.1) is 0 Å². The first-order valence-electron chi connectivity index (χ1n) is 14.5. The van der Waals surface area contributed by atoms with E-state index < -0.39 is 0 Å². The van der Waals surface area contributed by atoms with E-state index in [1.165, 1.54) is 154 Å². The molecule has 0 aliphatic carbocycles. The molecule has 0 aromatic carbocycles. The molecule has 0 aromatic rings. The highest BCUT2D eigenvalue weighted by Crippen LogP contribution is 2.24. The average molecular weight is 421 g/mol. The summed E-state index contributed by atoms with van der Waals surface area (Å²) in [4.78, 5) is 0. The van der Waals surface area contributed by atoms with Crippen molar-refractivity contribution in [3.8, 4) is 0 Å². The summed E-state index contributed by atoms with van der Waals surface area (Å²) in [7, 11) is 0. The molecule has 0 amide bonds. The standard InChI is InChI=1S/C30H60/c1-4-7-10-13-16-18-20-23-26-29-30(27-24-21-15-12-9-6-3)28-25-22-19-17-14-11-8-5-2/h16,18,30H,4-15,17,19-29H2,1-3H3/b18-16-. The quantitative estimate of drug-likeness (QED) is 0.102. The largest absolute Gasteiger partial charge is 0.0885 e. The summed E-state index contributed by atoms with van der Waals surface area (Å²) in [5, 5.41) is 0. The Balaban J connectivity index is 3.86. The van der Waals surface area contributed by atoms with Gasteiger partial charge in [0.15, 0.2) is 0 Å². The summed E-state index contributed by atoms with van der Waals surface area (Å²) >= 11 is 0. The molecule has 30 heavy (non-hydrogen) atoms. The predicted octanol–water partition coefficient (Wildman–Crippen LogP) is 11.6. The summed E-state index contributed by atoms with van der Waals surface area (Å²) in [6.45, 7) is 6.92. The Morgan fingerprint density at radius 2 is 0.667 bits per heavy atom. The van der Waals surface area contributed by atoms with Crippen LogP contribution >= 0.6 is 0 Å². The maximum absolute atomic E-state index is 2.46. The lowest BCUT2D eigenvalue weighted by Crippen LogP contribution is -2.01. The van der Waals surface area contributed by atoms with Crippen LogP contribution in [0.2, 0.25) is 0 Å². The van der Waals surface area contributed by atoms with Gasteiger partial charge in [0.25, 0.3) is 0 Å². The Labute approximate surface area is 193 Å². The summed E-state index contributed by atoms with van der Waals surface area (Å²) in [6, 6.07) is 0. The normalized spacial score (nSPS) is 12.8. The molecule has 0 aliphatic rings. The van der Waals surface area contributed by atoms with Gasteiger partial charge in [0.1, 0.15) is 0 Å². The van der Waals surface area contributed by atoms with Gasteiger partial charge in [0.05, 0.1) is 0 Å². The van der Waals surface area contributed by atoms with E-state index in [2.05, 4.69) is 32.9 Å². The van der Waals surface area contributed by atoms with Crippen LogP contribution in [0.25, 0.3) is 0 Å². The smallest absolute Gasteiger partial charge is 0.0351 e. The fourth-order valence-electron chi connectivity index (χ4n) is 4.66. The van der Waals surface area contributed by atoms with Gasteiger partial charge >= 0.3 is 0 Å². The van der Waals surface area contributed by atoms with Crippen molar-refractivity contribution >= 4 is 0 Å². The summed E-state index contributed by atoms with van der Waals surface area (Å²) in [6.07, 6.45) is 39.4. The Morgan fingerprint density at radius 1 is 0.367 bits per heavy atom. The Bertz CT molecular complexity index is 316. The van der Waals surface area contributed by atoms with Gasteiger partial charge in [-0.05, 0) is 31.6 Å². The first-order chi connectivity index (χ1) is 14.8. The van der Waals surface area contributed by atoms with Crippen LogP contribution < -0.4 is 0 Å². The van der Waals surface area contributed by atoms with Crippen LogP contribution in [0.1, 0.15) is 175 Å². The lowest BCUT2D eigenvalue weighted by molar-refractivity contribution is 0.368. The molecular formula is C30H60. The zero-order chi connectivity index (χ0) is 22.0. The highest BCUT2D eigenvalue weighted by atomic mass is 14.1. The fourth-order valence-corrected chi connectivity index (χ4v) is 4.66. The molecule has 1 unspecified atom stereocenters. The van der Waals surface area contributed by atoms with Crippen LogP contribution in [0.4, 0.5) is 0 Å². The van der Waals surface area contributed by atoms with Crippen LogP contribution in [-0.4, -0.2) is 0 Å². The Morgan fingerprint density at radius 3 is 1.10 bits per heavy atom. The van der Waals surface area contributed by atoms with Gasteiger partial charge in [-0.3, -0.25) is 0 Å².